The number of ether oxygens (including phenoxy) is 3. The topological polar surface area (TPSA) is 65.1 Å². The zero-order valence-electron chi connectivity index (χ0n) is 30.2. The van der Waals surface area contributed by atoms with Gasteiger partial charge in [-0.25, -0.2) is 4.79 Å². The van der Waals surface area contributed by atoms with Crippen LogP contribution in [-0.2, 0) is 19.0 Å². The van der Waals surface area contributed by atoms with Gasteiger partial charge in [0.15, 0.2) is 0 Å². The molecule has 1 heterocycles. The molecule has 1 fully saturated rings. The van der Waals surface area contributed by atoms with E-state index in [1.54, 1.807) is 0 Å². The third-order valence-corrected chi connectivity index (χ3v) is 8.88. The van der Waals surface area contributed by atoms with Gasteiger partial charge in [0.1, 0.15) is 17.3 Å². The second-order valence-electron chi connectivity index (χ2n) is 16.1. The third kappa shape index (κ3) is 18.3. The number of unbranched alkanes of at least 4 members (excludes halogenated alkanes) is 14. The van der Waals surface area contributed by atoms with Crippen LogP contribution in [-0.4, -0.2) is 52.0 Å². The van der Waals surface area contributed by atoms with Crippen LogP contribution in [0.15, 0.2) is 0 Å². The average Bonchev–Trinajstić information content (AvgIpc) is 2.83. The van der Waals surface area contributed by atoms with E-state index in [1.165, 1.54) is 83.5 Å². The van der Waals surface area contributed by atoms with Gasteiger partial charge >= 0.3 is 12.1 Å². The molecule has 0 atom stereocenters. The lowest BCUT2D eigenvalue weighted by Gasteiger charge is -2.55. The van der Waals surface area contributed by atoms with Crippen molar-refractivity contribution in [2.24, 2.45) is 0 Å². The van der Waals surface area contributed by atoms with Crippen LogP contribution < -0.4 is 0 Å². The number of hydrogen-bond donors (Lipinski definition) is 0. The Labute approximate surface area is 266 Å². The lowest BCUT2D eigenvalue weighted by Crippen LogP contribution is -2.63. The van der Waals surface area contributed by atoms with E-state index in [-0.39, 0.29) is 23.2 Å². The molecule has 6 nitrogen and oxygen atoms in total. The highest BCUT2D eigenvalue weighted by Crippen LogP contribution is 2.40. The Kier molecular flexibility index (Phi) is 17.8. The molecular weight excluding hydrogens is 538 g/mol. The van der Waals surface area contributed by atoms with Gasteiger partial charge in [0.05, 0.1) is 0 Å². The molecule has 0 amide bonds. The monoisotopic (exact) mass is 610 g/mol. The molecule has 254 valence electrons. The van der Waals surface area contributed by atoms with Crippen LogP contribution in [0.4, 0.5) is 4.79 Å². The summed E-state index contributed by atoms with van der Waals surface area (Å²) in [6.07, 6.45) is 21.9. The van der Waals surface area contributed by atoms with Crippen molar-refractivity contribution in [1.29, 1.82) is 0 Å². The first kappa shape index (κ1) is 39.7. The molecule has 43 heavy (non-hydrogen) atoms. The molecule has 0 unspecified atom stereocenters. The summed E-state index contributed by atoms with van der Waals surface area (Å²) in [5, 5.41) is 0. The van der Waals surface area contributed by atoms with E-state index in [4.69, 9.17) is 14.2 Å². The maximum absolute atomic E-state index is 12.7. The third-order valence-electron chi connectivity index (χ3n) is 8.88. The van der Waals surface area contributed by atoms with Crippen molar-refractivity contribution >= 4 is 12.1 Å². The minimum atomic E-state index is -0.648. The average molecular weight is 610 g/mol. The Morgan fingerprint density at radius 1 is 0.674 bits per heavy atom. The minimum Gasteiger partial charge on any atom is -0.462 e. The summed E-state index contributed by atoms with van der Waals surface area (Å²) in [7, 11) is 0. The Hall–Kier alpha value is -1.30. The van der Waals surface area contributed by atoms with Gasteiger partial charge in [0, 0.05) is 36.9 Å². The standard InChI is InChI=1S/C37H71NO5/c1-11-12-13-14-15-16-17-18-19-20-21-22-23-24-25-26-32(39)41-31-29-35(5,6)38(36(7,8)30-31)28-27-37(9,10)43-33(40)42-34(2,3)4/h31H,11-30H2,1-10H3. The number of esters is 1. The van der Waals surface area contributed by atoms with Crippen LogP contribution in [0.3, 0.4) is 0 Å². The molecular formula is C37H71NO5. The normalized spacial score (nSPS) is 17.5. The molecule has 1 aliphatic rings. The summed E-state index contributed by atoms with van der Waals surface area (Å²) >= 11 is 0. The molecule has 0 saturated carbocycles. The van der Waals surface area contributed by atoms with Crippen LogP contribution in [0.25, 0.3) is 0 Å². The van der Waals surface area contributed by atoms with Gasteiger partial charge in [-0.3, -0.25) is 9.69 Å². The molecule has 0 bridgehead atoms. The van der Waals surface area contributed by atoms with E-state index in [1.807, 2.05) is 34.6 Å². The van der Waals surface area contributed by atoms with E-state index >= 15 is 0 Å². The molecule has 0 N–H and O–H groups in total. The van der Waals surface area contributed by atoms with Crippen molar-refractivity contribution in [1.82, 2.24) is 4.90 Å². The summed E-state index contributed by atoms with van der Waals surface area (Å²) < 4.78 is 17.0. The summed E-state index contributed by atoms with van der Waals surface area (Å²) in [6.45, 7) is 21.3. The van der Waals surface area contributed by atoms with Gasteiger partial charge in [-0.1, -0.05) is 96.8 Å². The molecule has 1 saturated heterocycles. The highest BCUT2D eigenvalue weighted by Gasteiger charge is 2.47. The summed E-state index contributed by atoms with van der Waals surface area (Å²) in [6, 6.07) is 0. The lowest BCUT2D eigenvalue weighted by atomic mass is 9.77. The maximum Gasteiger partial charge on any atom is 0.509 e. The fourth-order valence-electron chi connectivity index (χ4n) is 6.73. The Bertz CT molecular complexity index is 764. The molecule has 0 aliphatic carbocycles. The highest BCUT2D eigenvalue weighted by atomic mass is 16.7. The van der Waals surface area contributed by atoms with Gasteiger partial charge in [0.2, 0.25) is 0 Å². The molecule has 0 spiro atoms. The van der Waals surface area contributed by atoms with E-state index in [0.29, 0.717) is 12.8 Å². The van der Waals surface area contributed by atoms with Crippen LogP contribution in [0, 0.1) is 0 Å². The lowest BCUT2D eigenvalue weighted by molar-refractivity contribution is -0.161. The predicted octanol–water partition coefficient (Wildman–Crippen LogP) is 10.9. The van der Waals surface area contributed by atoms with Crippen molar-refractivity contribution in [3.05, 3.63) is 0 Å². The fourth-order valence-corrected chi connectivity index (χ4v) is 6.73. The minimum absolute atomic E-state index is 0.0494. The second-order valence-corrected chi connectivity index (χ2v) is 16.1. The number of nitrogens with zero attached hydrogens (tertiary/aromatic N) is 1. The molecule has 0 aromatic carbocycles. The zero-order chi connectivity index (χ0) is 32.6. The van der Waals surface area contributed by atoms with Crippen LogP contribution in [0.5, 0.6) is 0 Å². The van der Waals surface area contributed by atoms with Gasteiger partial charge in [-0.2, -0.15) is 0 Å². The van der Waals surface area contributed by atoms with Crippen molar-refractivity contribution in [3.8, 4) is 0 Å². The number of hydrogen-bond acceptors (Lipinski definition) is 6. The largest absolute Gasteiger partial charge is 0.509 e. The number of carbonyl (C=O) groups is 2. The van der Waals surface area contributed by atoms with Crippen LogP contribution in [0.1, 0.15) is 191 Å². The fraction of sp³-hybridized carbons (Fsp3) is 0.946. The first-order chi connectivity index (χ1) is 20.0. The number of piperidine rings is 1. The number of likely N-dealkylation sites (tertiary alicyclic amines) is 1. The van der Waals surface area contributed by atoms with Gasteiger partial charge < -0.3 is 14.2 Å². The maximum atomic E-state index is 12.7. The van der Waals surface area contributed by atoms with Crippen LogP contribution in [0.2, 0.25) is 0 Å². The van der Waals surface area contributed by atoms with Crippen molar-refractivity contribution in [2.45, 2.75) is 220 Å². The molecule has 0 aromatic rings. The van der Waals surface area contributed by atoms with Crippen LogP contribution >= 0.6 is 0 Å². The Morgan fingerprint density at radius 3 is 1.51 bits per heavy atom. The first-order valence-electron chi connectivity index (χ1n) is 17.9. The predicted molar refractivity (Wildman–Crippen MR) is 180 cm³/mol. The van der Waals surface area contributed by atoms with Gasteiger partial charge in [-0.15, -0.1) is 0 Å². The van der Waals surface area contributed by atoms with Crippen molar-refractivity contribution < 1.29 is 23.8 Å². The Morgan fingerprint density at radius 2 is 1.09 bits per heavy atom. The molecule has 6 heteroatoms. The van der Waals surface area contributed by atoms with Crippen molar-refractivity contribution in [2.75, 3.05) is 6.54 Å². The van der Waals surface area contributed by atoms with E-state index in [2.05, 4.69) is 39.5 Å². The van der Waals surface area contributed by atoms with E-state index in [9.17, 15) is 9.59 Å². The summed E-state index contributed by atoms with van der Waals surface area (Å²) in [4.78, 5) is 27.4. The van der Waals surface area contributed by atoms with Gasteiger partial charge in [0.25, 0.3) is 0 Å². The highest BCUT2D eigenvalue weighted by molar-refractivity contribution is 5.69. The van der Waals surface area contributed by atoms with Gasteiger partial charge in [-0.05, 0) is 75.2 Å². The number of carbonyl (C=O) groups excluding carboxylic acids is 2. The molecule has 0 aromatic heterocycles. The SMILES string of the molecule is CCCCCCCCCCCCCCCCCC(=O)OC1CC(C)(C)N(CCC(C)(C)OC(=O)OC(C)(C)C)C(C)(C)C1. The quantitative estimate of drug-likeness (QED) is 0.0952. The van der Waals surface area contributed by atoms with E-state index < -0.39 is 17.4 Å². The second kappa shape index (κ2) is 19.3. The zero-order valence-corrected chi connectivity index (χ0v) is 30.2. The summed E-state index contributed by atoms with van der Waals surface area (Å²) in [5.74, 6) is -0.0494. The summed E-state index contributed by atoms with van der Waals surface area (Å²) in [5.41, 5.74) is -1.53. The van der Waals surface area contributed by atoms with Crippen molar-refractivity contribution in [3.63, 3.8) is 0 Å². The molecule has 1 aliphatic heterocycles. The Balaban J connectivity index is 2.28. The molecule has 0 radical (unpaired) electrons. The molecule has 1 rings (SSSR count). The van der Waals surface area contributed by atoms with E-state index in [0.717, 1.165) is 32.2 Å². The smallest absolute Gasteiger partial charge is 0.462 e. The first-order valence-corrected chi connectivity index (χ1v) is 17.9. The number of rotatable bonds is 21.